The number of thioether (sulfide) groups is 1. The second kappa shape index (κ2) is 5.44. The highest BCUT2D eigenvalue weighted by Crippen LogP contribution is 2.32. The predicted molar refractivity (Wildman–Crippen MR) is 76.3 cm³/mol. The minimum absolute atomic E-state index is 0.0518. The molecule has 1 saturated heterocycles. The Morgan fingerprint density at radius 3 is 2.78 bits per heavy atom. The third-order valence-corrected chi connectivity index (χ3v) is 3.81. The molecule has 2 heterocycles. The van der Waals surface area contributed by atoms with Crippen LogP contribution in [0, 0.1) is 0 Å². The van der Waals surface area contributed by atoms with Gasteiger partial charge in [0.15, 0.2) is 5.17 Å². The minimum atomic E-state index is 0.0518. The zero-order chi connectivity index (χ0) is 13.1. The maximum atomic E-state index is 12.2. The van der Waals surface area contributed by atoms with E-state index in [0.29, 0.717) is 13.1 Å². The zero-order valence-electron chi connectivity index (χ0n) is 10.9. The lowest BCUT2D eigenvalue weighted by atomic mass is 10.3. The van der Waals surface area contributed by atoms with Crippen LogP contribution in [0.4, 0.5) is 0 Å². The second-order valence-electron chi connectivity index (χ2n) is 3.96. The van der Waals surface area contributed by atoms with Crippen LogP contribution in [-0.4, -0.2) is 33.6 Å². The van der Waals surface area contributed by atoms with Gasteiger partial charge in [-0.05, 0) is 43.8 Å². The highest BCUT2D eigenvalue weighted by molar-refractivity contribution is 8.18. The molecule has 1 fully saturated rings. The van der Waals surface area contributed by atoms with E-state index in [2.05, 4.69) is 4.99 Å². The highest BCUT2D eigenvalue weighted by atomic mass is 32.2. The molecule has 5 heteroatoms. The van der Waals surface area contributed by atoms with Crippen molar-refractivity contribution >= 4 is 28.9 Å². The Morgan fingerprint density at radius 2 is 2.22 bits per heavy atom. The molecule has 0 radical (unpaired) electrons. The van der Waals surface area contributed by atoms with E-state index in [1.807, 2.05) is 49.9 Å². The van der Waals surface area contributed by atoms with Crippen LogP contribution in [0.1, 0.15) is 19.5 Å². The molecule has 0 aromatic carbocycles. The molecule has 1 aliphatic heterocycles. The fourth-order valence-corrected chi connectivity index (χ4v) is 2.89. The summed E-state index contributed by atoms with van der Waals surface area (Å²) >= 11 is 1.46. The number of amides is 1. The smallest absolute Gasteiger partial charge is 0.266 e. The average Bonchev–Trinajstić information content (AvgIpc) is 2.86. The van der Waals surface area contributed by atoms with Gasteiger partial charge in [0.05, 0.1) is 4.91 Å². The molecule has 0 aliphatic carbocycles. The SMILES string of the molecule is CCN=C1S/C(=C\c2cccn2C)C(=O)N1CC. The topological polar surface area (TPSA) is 37.6 Å². The molecule has 0 bridgehead atoms. The van der Waals surface area contributed by atoms with Gasteiger partial charge in [-0.1, -0.05) is 0 Å². The van der Waals surface area contributed by atoms with Crippen molar-refractivity contribution in [1.29, 1.82) is 0 Å². The number of carbonyl (C=O) groups excluding carboxylic acids is 1. The highest BCUT2D eigenvalue weighted by Gasteiger charge is 2.31. The normalized spacial score (nSPS) is 20.4. The van der Waals surface area contributed by atoms with Crippen LogP contribution in [-0.2, 0) is 11.8 Å². The molecule has 1 aromatic heterocycles. The molecule has 0 saturated carbocycles. The average molecular weight is 263 g/mol. The largest absolute Gasteiger partial charge is 0.351 e. The van der Waals surface area contributed by atoms with Crippen LogP contribution in [0.5, 0.6) is 0 Å². The van der Waals surface area contributed by atoms with E-state index in [9.17, 15) is 4.79 Å². The number of aryl methyl sites for hydroxylation is 1. The molecule has 0 spiro atoms. The minimum Gasteiger partial charge on any atom is -0.351 e. The summed E-state index contributed by atoms with van der Waals surface area (Å²) in [6.45, 7) is 5.30. The van der Waals surface area contributed by atoms with Gasteiger partial charge >= 0.3 is 0 Å². The number of amidine groups is 1. The number of likely N-dealkylation sites (N-methyl/N-ethyl adjacent to an activating group) is 1. The van der Waals surface area contributed by atoms with E-state index in [4.69, 9.17) is 0 Å². The van der Waals surface area contributed by atoms with Crippen LogP contribution in [0.2, 0.25) is 0 Å². The molecule has 2 rings (SSSR count). The number of hydrogen-bond donors (Lipinski definition) is 0. The van der Waals surface area contributed by atoms with Crippen molar-refractivity contribution in [2.75, 3.05) is 13.1 Å². The maximum Gasteiger partial charge on any atom is 0.266 e. The number of rotatable bonds is 3. The molecule has 1 aliphatic rings. The molecule has 1 amide bonds. The van der Waals surface area contributed by atoms with Crippen molar-refractivity contribution in [3.63, 3.8) is 0 Å². The summed E-state index contributed by atoms with van der Waals surface area (Å²) in [5.74, 6) is 0.0518. The molecular formula is C13H17N3OS. The van der Waals surface area contributed by atoms with Crippen LogP contribution in [0.3, 0.4) is 0 Å². The van der Waals surface area contributed by atoms with Crippen LogP contribution < -0.4 is 0 Å². The first-order valence-corrected chi connectivity index (χ1v) is 6.86. The summed E-state index contributed by atoms with van der Waals surface area (Å²) in [4.78, 5) is 19.0. The third kappa shape index (κ3) is 2.36. The summed E-state index contributed by atoms with van der Waals surface area (Å²) < 4.78 is 1.99. The monoisotopic (exact) mass is 263 g/mol. The number of nitrogens with zero attached hydrogens (tertiary/aromatic N) is 3. The Bertz CT molecular complexity index is 516. The van der Waals surface area contributed by atoms with E-state index < -0.39 is 0 Å². The van der Waals surface area contributed by atoms with Crippen LogP contribution in [0.15, 0.2) is 28.2 Å². The zero-order valence-corrected chi connectivity index (χ0v) is 11.7. The van der Waals surface area contributed by atoms with Crippen molar-refractivity contribution in [3.8, 4) is 0 Å². The lowest BCUT2D eigenvalue weighted by Crippen LogP contribution is -2.28. The number of aromatic nitrogens is 1. The predicted octanol–water partition coefficient (Wildman–Crippen LogP) is 2.34. The van der Waals surface area contributed by atoms with Gasteiger partial charge in [-0.25, -0.2) is 0 Å². The summed E-state index contributed by atoms with van der Waals surface area (Å²) in [5, 5.41) is 0.811. The van der Waals surface area contributed by atoms with Gasteiger partial charge in [-0.3, -0.25) is 14.7 Å². The summed E-state index contributed by atoms with van der Waals surface area (Å²) in [6, 6.07) is 3.96. The molecule has 96 valence electrons. The van der Waals surface area contributed by atoms with Gasteiger partial charge in [-0.2, -0.15) is 0 Å². The summed E-state index contributed by atoms with van der Waals surface area (Å²) in [7, 11) is 1.97. The van der Waals surface area contributed by atoms with Crippen molar-refractivity contribution in [3.05, 3.63) is 28.9 Å². The lowest BCUT2D eigenvalue weighted by molar-refractivity contribution is -0.122. The fraction of sp³-hybridized carbons (Fsp3) is 0.385. The molecule has 0 atom stereocenters. The molecule has 4 nitrogen and oxygen atoms in total. The standard InChI is InChI=1S/C13H17N3OS/c1-4-14-13-16(5-2)12(17)11(18-13)9-10-7-6-8-15(10)3/h6-9H,4-5H2,1-3H3/b11-9-,14-13?. The Hall–Kier alpha value is -1.49. The van der Waals surface area contributed by atoms with Gasteiger partial charge in [-0.15, -0.1) is 0 Å². The third-order valence-electron chi connectivity index (χ3n) is 2.76. The first-order chi connectivity index (χ1) is 8.67. The van der Waals surface area contributed by atoms with Crippen molar-refractivity contribution in [2.45, 2.75) is 13.8 Å². The van der Waals surface area contributed by atoms with Gasteiger partial charge in [0.2, 0.25) is 0 Å². The number of aliphatic imine (C=N–C) groups is 1. The van der Waals surface area contributed by atoms with Gasteiger partial charge in [0.25, 0.3) is 5.91 Å². The molecular weight excluding hydrogens is 246 g/mol. The van der Waals surface area contributed by atoms with Gasteiger partial charge in [0, 0.05) is 32.0 Å². The Labute approximate surface area is 111 Å². The molecule has 0 N–H and O–H groups in total. The molecule has 18 heavy (non-hydrogen) atoms. The number of hydrogen-bond acceptors (Lipinski definition) is 3. The van der Waals surface area contributed by atoms with E-state index in [-0.39, 0.29) is 5.91 Å². The Balaban J connectivity index is 2.32. The first-order valence-electron chi connectivity index (χ1n) is 6.04. The van der Waals surface area contributed by atoms with E-state index in [1.165, 1.54) is 11.8 Å². The second-order valence-corrected chi connectivity index (χ2v) is 4.97. The maximum absolute atomic E-state index is 12.2. The van der Waals surface area contributed by atoms with Crippen molar-refractivity contribution in [2.24, 2.45) is 12.0 Å². The van der Waals surface area contributed by atoms with Crippen molar-refractivity contribution < 1.29 is 4.79 Å². The molecule has 1 aromatic rings. The first kappa shape index (κ1) is 13.0. The van der Waals surface area contributed by atoms with Crippen LogP contribution >= 0.6 is 11.8 Å². The van der Waals surface area contributed by atoms with E-state index >= 15 is 0 Å². The Kier molecular flexibility index (Phi) is 3.91. The van der Waals surface area contributed by atoms with Gasteiger partial charge < -0.3 is 4.57 Å². The Morgan fingerprint density at radius 1 is 1.44 bits per heavy atom. The van der Waals surface area contributed by atoms with Crippen molar-refractivity contribution in [1.82, 2.24) is 9.47 Å². The van der Waals surface area contributed by atoms with E-state index in [0.717, 1.165) is 15.8 Å². The molecule has 0 unspecified atom stereocenters. The number of carbonyl (C=O) groups is 1. The van der Waals surface area contributed by atoms with Crippen LogP contribution in [0.25, 0.3) is 6.08 Å². The summed E-state index contributed by atoms with van der Waals surface area (Å²) in [6.07, 6.45) is 3.89. The quantitative estimate of drug-likeness (QED) is 0.785. The lowest BCUT2D eigenvalue weighted by Gasteiger charge is -2.11. The van der Waals surface area contributed by atoms with E-state index in [1.54, 1.807) is 4.90 Å². The fourth-order valence-electron chi connectivity index (χ4n) is 1.80. The summed E-state index contributed by atoms with van der Waals surface area (Å²) in [5.41, 5.74) is 1.03. The van der Waals surface area contributed by atoms with Gasteiger partial charge in [0.1, 0.15) is 0 Å².